The largest absolute Gasteiger partial charge is 0.466 e. The van der Waals surface area contributed by atoms with E-state index in [1.807, 2.05) is 18.4 Å². The molecule has 0 bridgehead atoms. The molecule has 3 rings (SSSR count). The van der Waals surface area contributed by atoms with Gasteiger partial charge < -0.3 is 4.74 Å². The van der Waals surface area contributed by atoms with Crippen LogP contribution in [-0.2, 0) is 14.3 Å². The SMILES string of the molecule is CCOC(=O)C1C(C(C)=O)SC23CC=CC=C2N=CCC13. The maximum absolute atomic E-state index is 12.4. The van der Waals surface area contributed by atoms with Gasteiger partial charge in [0.25, 0.3) is 0 Å². The summed E-state index contributed by atoms with van der Waals surface area (Å²) >= 11 is 1.61. The van der Waals surface area contributed by atoms with E-state index in [-0.39, 0.29) is 33.6 Å². The summed E-state index contributed by atoms with van der Waals surface area (Å²) in [7, 11) is 0. The number of carbonyl (C=O) groups excluding carboxylic acids is 2. The Kier molecular flexibility index (Phi) is 3.78. The molecule has 4 unspecified atom stereocenters. The van der Waals surface area contributed by atoms with Gasteiger partial charge in [0.2, 0.25) is 0 Å². The van der Waals surface area contributed by atoms with Crippen LogP contribution in [0.2, 0.25) is 0 Å². The van der Waals surface area contributed by atoms with Gasteiger partial charge in [0.1, 0.15) is 5.78 Å². The Morgan fingerprint density at radius 2 is 2.33 bits per heavy atom. The number of hydrogen-bond donors (Lipinski definition) is 0. The van der Waals surface area contributed by atoms with Gasteiger partial charge in [-0.05, 0) is 38.7 Å². The molecule has 4 atom stereocenters. The number of ketones is 1. The number of nitrogens with zero attached hydrogens (tertiary/aromatic N) is 1. The van der Waals surface area contributed by atoms with Crippen LogP contribution >= 0.6 is 11.8 Å². The first-order chi connectivity index (χ1) is 10.1. The lowest BCUT2D eigenvalue weighted by Gasteiger charge is -2.38. The molecule has 0 aromatic rings. The van der Waals surface area contributed by atoms with Gasteiger partial charge in [-0.15, -0.1) is 11.8 Å². The summed E-state index contributed by atoms with van der Waals surface area (Å²) < 4.78 is 5.01. The van der Waals surface area contributed by atoms with Crippen LogP contribution in [0.25, 0.3) is 0 Å². The Balaban J connectivity index is 2.02. The highest BCUT2D eigenvalue weighted by Gasteiger charge is 2.60. The van der Waals surface area contributed by atoms with Crippen molar-refractivity contribution in [2.45, 2.75) is 36.7 Å². The van der Waals surface area contributed by atoms with E-state index in [4.69, 9.17) is 4.74 Å². The third kappa shape index (κ3) is 2.18. The number of hydrogen-bond acceptors (Lipinski definition) is 5. The predicted molar refractivity (Wildman–Crippen MR) is 83.4 cm³/mol. The number of aliphatic imine (C=N–C) groups is 1. The topological polar surface area (TPSA) is 55.7 Å². The molecule has 21 heavy (non-hydrogen) atoms. The van der Waals surface area contributed by atoms with Crippen LogP contribution in [0.3, 0.4) is 0 Å². The van der Waals surface area contributed by atoms with Gasteiger partial charge in [-0.3, -0.25) is 14.6 Å². The normalized spacial score (nSPS) is 36.7. The number of Topliss-reactive ketones (excluding diaryl/α,β-unsaturated/α-hetero) is 1. The minimum Gasteiger partial charge on any atom is -0.466 e. The van der Waals surface area contributed by atoms with Crippen molar-refractivity contribution in [2.24, 2.45) is 16.8 Å². The number of thioether (sulfide) groups is 1. The van der Waals surface area contributed by atoms with Crippen molar-refractivity contribution in [1.82, 2.24) is 0 Å². The molecule has 3 aliphatic rings. The third-order valence-electron chi connectivity index (χ3n) is 4.49. The molecule has 4 nitrogen and oxygen atoms in total. The second-order valence-corrected chi connectivity index (χ2v) is 7.13. The molecule has 0 aromatic carbocycles. The summed E-state index contributed by atoms with van der Waals surface area (Å²) in [4.78, 5) is 29.0. The van der Waals surface area contributed by atoms with Crippen molar-refractivity contribution in [3.63, 3.8) is 0 Å². The van der Waals surface area contributed by atoms with E-state index in [9.17, 15) is 9.59 Å². The first-order valence-electron chi connectivity index (χ1n) is 7.35. The Bertz CT molecular complexity index is 566. The predicted octanol–water partition coefficient (Wildman–Crippen LogP) is 2.54. The summed E-state index contributed by atoms with van der Waals surface area (Å²) in [6, 6.07) is 0. The zero-order valence-corrected chi connectivity index (χ0v) is 13.1. The number of allylic oxidation sites excluding steroid dienone is 3. The van der Waals surface area contributed by atoms with Crippen LogP contribution in [0.15, 0.2) is 28.9 Å². The van der Waals surface area contributed by atoms with Crippen molar-refractivity contribution in [3.05, 3.63) is 23.9 Å². The molecule has 1 saturated heterocycles. The quantitative estimate of drug-likeness (QED) is 0.752. The van der Waals surface area contributed by atoms with E-state index in [1.54, 1.807) is 25.6 Å². The summed E-state index contributed by atoms with van der Waals surface area (Å²) in [5.74, 6) is -0.467. The second kappa shape index (κ2) is 5.44. The summed E-state index contributed by atoms with van der Waals surface area (Å²) in [6.07, 6.45) is 9.54. The van der Waals surface area contributed by atoms with Gasteiger partial charge >= 0.3 is 5.97 Å². The van der Waals surface area contributed by atoms with Crippen molar-refractivity contribution < 1.29 is 14.3 Å². The maximum Gasteiger partial charge on any atom is 0.310 e. The zero-order valence-electron chi connectivity index (χ0n) is 12.2. The monoisotopic (exact) mass is 305 g/mol. The smallest absolute Gasteiger partial charge is 0.310 e. The Morgan fingerprint density at radius 3 is 3.05 bits per heavy atom. The second-order valence-electron chi connectivity index (χ2n) is 5.65. The lowest BCUT2D eigenvalue weighted by atomic mass is 9.72. The van der Waals surface area contributed by atoms with E-state index >= 15 is 0 Å². The van der Waals surface area contributed by atoms with Crippen molar-refractivity contribution in [3.8, 4) is 0 Å². The molecule has 0 N–H and O–H groups in total. The van der Waals surface area contributed by atoms with Gasteiger partial charge in [0.05, 0.1) is 28.2 Å². The van der Waals surface area contributed by atoms with Crippen LogP contribution < -0.4 is 0 Å². The van der Waals surface area contributed by atoms with Crippen LogP contribution in [-0.4, -0.2) is 34.6 Å². The first-order valence-corrected chi connectivity index (χ1v) is 8.23. The minimum absolute atomic E-state index is 0.0516. The lowest BCUT2D eigenvalue weighted by molar-refractivity contribution is -0.151. The molecule has 1 spiro atoms. The van der Waals surface area contributed by atoms with Crippen molar-refractivity contribution in [2.75, 3.05) is 6.61 Å². The lowest BCUT2D eigenvalue weighted by Crippen LogP contribution is -2.41. The summed E-state index contributed by atoms with van der Waals surface area (Å²) in [6.45, 7) is 3.72. The van der Waals surface area contributed by atoms with E-state index in [0.717, 1.165) is 18.5 Å². The first kappa shape index (κ1) is 14.6. The number of esters is 1. The summed E-state index contributed by atoms with van der Waals surface area (Å²) in [5, 5.41) is -0.328. The molecule has 2 aliphatic heterocycles. The molecular formula is C16H19NO3S. The average Bonchev–Trinajstić information content (AvgIpc) is 2.81. The van der Waals surface area contributed by atoms with Crippen LogP contribution in [0, 0.1) is 11.8 Å². The minimum atomic E-state index is -0.367. The zero-order chi connectivity index (χ0) is 15.0. The summed E-state index contributed by atoms with van der Waals surface area (Å²) in [5.41, 5.74) is 0.990. The van der Waals surface area contributed by atoms with E-state index in [0.29, 0.717) is 6.61 Å². The fourth-order valence-corrected chi connectivity index (χ4v) is 5.52. The van der Waals surface area contributed by atoms with Gasteiger partial charge in [0, 0.05) is 6.21 Å². The molecule has 0 amide bonds. The third-order valence-corrected chi connectivity index (χ3v) is 6.47. The highest BCUT2D eigenvalue weighted by molar-refractivity contribution is 8.02. The molecule has 2 heterocycles. The Hall–Kier alpha value is -1.36. The van der Waals surface area contributed by atoms with Gasteiger partial charge in [0.15, 0.2) is 0 Å². The van der Waals surface area contributed by atoms with Crippen molar-refractivity contribution in [1.29, 1.82) is 0 Å². The van der Waals surface area contributed by atoms with E-state index in [1.165, 1.54) is 0 Å². The van der Waals surface area contributed by atoms with Gasteiger partial charge in [-0.25, -0.2) is 0 Å². The fraction of sp³-hybridized carbons (Fsp3) is 0.562. The molecule has 0 radical (unpaired) electrons. The standard InChI is InChI=1S/C16H19NO3S/c1-3-20-15(19)13-11-7-9-17-12-6-4-5-8-16(11,12)21-14(13)10(2)18/h4-6,9,11,13-14H,3,7-8H2,1-2H3. The highest BCUT2D eigenvalue weighted by Crippen LogP contribution is 2.60. The van der Waals surface area contributed by atoms with Crippen LogP contribution in [0.4, 0.5) is 0 Å². The molecule has 0 aromatic heterocycles. The molecule has 0 saturated carbocycles. The fourth-order valence-electron chi connectivity index (χ4n) is 3.60. The van der Waals surface area contributed by atoms with Gasteiger partial charge in [-0.2, -0.15) is 0 Å². The molecule has 1 fully saturated rings. The van der Waals surface area contributed by atoms with Gasteiger partial charge in [-0.1, -0.05) is 12.2 Å². The molecule has 5 heteroatoms. The van der Waals surface area contributed by atoms with Crippen LogP contribution in [0.1, 0.15) is 26.7 Å². The van der Waals surface area contributed by atoms with Crippen molar-refractivity contribution >= 4 is 29.7 Å². The Morgan fingerprint density at radius 1 is 1.52 bits per heavy atom. The molecular weight excluding hydrogens is 286 g/mol. The highest BCUT2D eigenvalue weighted by atomic mass is 32.2. The average molecular weight is 305 g/mol. The number of carbonyl (C=O) groups is 2. The number of ether oxygens (including phenoxy) is 1. The molecule has 1 aliphatic carbocycles. The maximum atomic E-state index is 12.4. The number of rotatable bonds is 3. The van der Waals surface area contributed by atoms with E-state index in [2.05, 4.69) is 11.1 Å². The molecule has 112 valence electrons. The Labute approximate surface area is 128 Å². The van der Waals surface area contributed by atoms with Crippen LogP contribution in [0.5, 0.6) is 0 Å². The van der Waals surface area contributed by atoms with E-state index < -0.39 is 0 Å².